The van der Waals surface area contributed by atoms with E-state index in [2.05, 4.69) is 6.92 Å². The van der Waals surface area contributed by atoms with Crippen molar-refractivity contribution in [3.05, 3.63) is 30.1 Å². The molecule has 0 spiro atoms. The van der Waals surface area contributed by atoms with E-state index in [1.807, 2.05) is 6.92 Å². The molecule has 1 aromatic carbocycles. The topological polar surface area (TPSA) is 55.9 Å². The molecule has 1 saturated carbocycles. The van der Waals surface area contributed by atoms with Gasteiger partial charge in [0.2, 0.25) is 0 Å². The van der Waals surface area contributed by atoms with Crippen LogP contribution in [0.25, 0.3) is 0 Å². The molecule has 0 radical (unpaired) electrons. The van der Waals surface area contributed by atoms with Crippen LogP contribution in [-0.4, -0.2) is 25.7 Å². The maximum absolute atomic E-state index is 13.0. The second-order valence-corrected chi connectivity index (χ2v) is 8.28. The maximum Gasteiger partial charge on any atom is 0.297 e. The Bertz CT molecular complexity index is 672. The first-order valence-electron chi connectivity index (χ1n) is 8.22. The summed E-state index contributed by atoms with van der Waals surface area (Å²) in [7, 11) is -3.91. The van der Waals surface area contributed by atoms with Crippen molar-refractivity contribution in [3.8, 4) is 0 Å². The Balaban J connectivity index is 1.75. The molecule has 1 saturated heterocycles. The summed E-state index contributed by atoms with van der Waals surface area (Å²) in [6.07, 6.45) is 5.04. The molecule has 1 aliphatic heterocycles. The van der Waals surface area contributed by atoms with Crippen molar-refractivity contribution < 1.29 is 21.7 Å². The molecule has 0 amide bonds. The summed E-state index contributed by atoms with van der Waals surface area (Å²) in [5.41, 5.74) is -0.737. The summed E-state index contributed by atoms with van der Waals surface area (Å²) in [6.45, 7) is 4.17. The number of epoxide rings is 1. The number of halogens is 1. The molecular formula is C17H23FO4S. The summed E-state index contributed by atoms with van der Waals surface area (Å²) in [5, 5.41) is 0. The van der Waals surface area contributed by atoms with Gasteiger partial charge in [-0.3, -0.25) is 4.18 Å². The third-order valence-corrected chi connectivity index (χ3v) is 6.50. The quantitative estimate of drug-likeness (QED) is 0.430. The smallest absolute Gasteiger partial charge is 0.297 e. The zero-order valence-corrected chi connectivity index (χ0v) is 14.4. The Hall–Kier alpha value is -0.980. The highest BCUT2D eigenvalue weighted by Crippen LogP contribution is 2.63. The minimum absolute atomic E-state index is 0.0168. The van der Waals surface area contributed by atoms with Crippen molar-refractivity contribution >= 4 is 10.1 Å². The van der Waals surface area contributed by atoms with E-state index in [9.17, 15) is 12.8 Å². The van der Waals surface area contributed by atoms with Crippen LogP contribution in [0.4, 0.5) is 4.39 Å². The van der Waals surface area contributed by atoms with Gasteiger partial charge in [0.05, 0.1) is 10.5 Å². The Morgan fingerprint density at radius 3 is 2.61 bits per heavy atom. The van der Waals surface area contributed by atoms with Crippen molar-refractivity contribution in [2.45, 2.75) is 74.6 Å². The molecule has 1 heterocycles. The van der Waals surface area contributed by atoms with Crippen LogP contribution in [0.3, 0.4) is 0 Å². The number of hydrogen-bond donors (Lipinski definition) is 0. The summed E-state index contributed by atoms with van der Waals surface area (Å²) >= 11 is 0. The van der Waals surface area contributed by atoms with Gasteiger partial charge in [-0.25, -0.2) is 4.39 Å². The van der Waals surface area contributed by atoms with Gasteiger partial charge in [-0.1, -0.05) is 26.2 Å². The van der Waals surface area contributed by atoms with Gasteiger partial charge in [0, 0.05) is 0 Å². The SMILES string of the molecule is CCCCC[C@]12O[C@@]1(C)CC[C@H]2OS(=O)(=O)c1ccc(F)cc1. The highest BCUT2D eigenvalue weighted by atomic mass is 32.2. The lowest BCUT2D eigenvalue weighted by Gasteiger charge is -2.21. The first-order valence-corrected chi connectivity index (χ1v) is 9.63. The van der Waals surface area contributed by atoms with Crippen LogP contribution in [0.15, 0.2) is 29.2 Å². The molecule has 3 atom stereocenters. The van der Waals surface area contributed by atoms with E-state index in [1.165, 1.54) is 12.1 Å². The van der Waals surface area contributed by atoms with Gasteiger partial charge in [0.1, 0.15) is 17.5 Å². The Morgan fingerprint density at radius 2 is 2.00 bits per heavy atom. The predicted octanol–water partition coefficient (Wildman–Crippen LogP) is 3.80. The van der Waals surface area contributed by atoms with Crippen LogP contribution in [0.1, 0.15) is 52.4 Å². The highest BCUT2D eigenvalue weighted by molar-refractivity contribution is 7.86. The van der Waals surface area contributed by atoms with Crippen molar-refractivity contribution in [2.75, 3.05) is 0 Å². The molecule has 4 nitrogen and oxygen atoms in total. The summed E-state index contributed by atoms with van der Waals surface area (Å²) < 4.78 is 49.3. The monoisotopic (exact) mass is 342 g/mol. The molecule has 1 aromatic rings. The fourth-order valence-corrected chi connectivity index (χ4v) is 4.87. The van der Waals surface area contributed by atoms with Crippen molar-refractivity contribution in [2.24, 2.45) is 0 Å². The van der Waals surface area contributed by atoms with Gasteiger partial charge in [-0.2, -0.15) is 8.42 Å². The average molecular weight is 342 g/mol. The zero-order valence-electron chi connectivity index (χ0n) is 13.5. The van der Waals surface area contributed by atoms with E-state index in [1.54, 1.807) is 0 Å². The zero-order chi connectivity index (χ0) is 16.7. The molecule has 3 rings (SSSR count). The van der Waals surface area contributed by atoms with E-state index >= 15 is 0 Å². The third-order valence-electron chi connectivity index (χ3n) is 5.16. The van der Waals surface area contributed by atoms with Crippen LogP contribution >= 0.6 is 0 Å². The lowest BCUT2D eigenvalue weighted by atomic mass is 9.91. The molecule has 2 fully saturated rings. The van der Waals surface area contributed by atoms with E-state index < -0.39 is 27.6 Å². The van der Waals surface area contributed by atoms with Gasteiger partial charge < -0.3 is 4.74 Å². The fourth-order valence-electron chi connectivity index (χ4n) is 3.73. The fraction of sp³-hybridized carbons (Fsp3) is 0.647. The van der Waals surface area contributed by atoms with Gasteiger partial charge in [-0.15, -0.1) is 0 Å². The maximum atomic E-state index is 13.0. The van der Waals surface area contributed by atoms with Gasteiger partial charge >= 0.3 is 0 Å². The minimum atomic E-state index is -3.91. The number of benzene rings is 1. The molecule has 6 heteroatoms. The van der Waals surface area contributed by atoms with Crippen LogP contribution in [0.2, 0.25) is 0 Å². The molecule has 0 N–H and O–H groups in total. The third kappa shape index (κ3) is 2.92. The molecule has 0 bridgehead atoms. The van der Waals surface area contributed by atoms with Gasteiger partial charge in [0.25, 0.3) is 10.1 Å². The van der Waals surface area contributed by atoms with Crippen LogP contribution in [-0.2, 0) is 19.0 Å². The van der Waals surface area contributed by atoms with Gasteiger partial charge in [-0.05, 0) is 50.5 Å². The molecule has 2 aliphatic rings. The number of ether oxygens (including phenoxy) is 1. The molecule has 128 valence electrons. The summed E-state index contributed by atoms with van der Waals surface area (Å²) in [6, 6.07) is 4.71. The second kappa shape index (κ2) is 5.83. The van der Waals surface area contributed by atoms with Crippen LogP contribution in [0.5, 0.6) is 0 Å². The second-order valence-electron chi connectivity index (χ2n) is 6.71. The van der Waals surface area contributed by atoms with Crippen LogP contribution in [0, 0.1) is 5.82 Å². The summed E-state index contributed by atoms with van der Waals surface area (Å²) in [4.78, 5) is -0.0168. The van der Waals surface area contributed by atoms with Crippen molar-refractivity contribution in [1.82, 2.24) is 0 Å². The first-order chi connectivity index (χ1) is 10.8. The van der Waals surface area contributed by atoms with E-state index in [4.69, 9.17) is 8.92 Å². The van der Waals surface area contributed by atoms with Gasteiger partial charge in [0.15, 0.2) is 0 Å². The standard InChI is InChI=1S/C17H23FO4S/c1-3-4-5-11-17-15(10-12-16(17,2)22-17)21-23(19,20)14-8-6-13(18)7-9-14/h6-9,15H,3-5,10-12H2,1-2H3/t15-,16+,17-/m1/s1. The molecule has 0 unspecified atom stereocenters. The van der Waals surface area contributed by atoms with Crippen molar-refractivity contribution in [1.29, 1.82) is 0 Å². The normalized spacial score (nSPS) is 32.7. The lowest BCUT2D eigenvalue weighted by Crippen LogP contribution is -2.34. The molecule has 23 heavy (non-hydrogen) atoms. The minimum Gasteiger partial charge on any atom is -0.360 e. The Morgan fingerprint density at radius 1 is 1.30 bits per heavy atom. The first kappa shape index (κ1) is 16.9. The van der Waals surface area contributed by atoms with Crippen LogP contribution < -0.4 is 0 Å². The number of fused-ring (bicyclic) bond motifs is 1. The summed E-state index contributed by atoms with van der Waals surface area (Å²) in [5.74, 6) is -0.473. The number of hydrogen-bond acceptors (Lipinski definition) is 4. The molecule has 0 aromatic heterocycles. The largest absolute Gasteiger partial charge is 0.360 e. The lowest BCUT2D eigenvalue weighted by molar-refractivity contribution is 0.0796. The van der Waals surface area contributed by atoms with E-state index in [0.29, 0.717) is 6.42 Å². The average Bonchev–Trinajstić information content (AvgIpc) is 3.02. The molecule has 1 aliphatic carbocycles. The predicted molar refractivity (Wildman–Crippen MR) is 84.1 cm³/mol. The number of unbranched alkanes of at least 4 members (excludes halogenated alkanes) is 2. The van der Waals surface area contributed by atoms with E-state index in [0.717, 1.165) is 44.2 Å². The number of rotatable bonds is 7. The Labute approximate surface area is 137 Å². The Kier molecular flexibility index (Phi) is 4.27. The molecular weight excluding hydrogens is 319 g/mol. The van der Waals surface area contributed by atoms with Crippen molar-refractivity contribution in [3.63, 3.8) is 0 Å². The highest BCUT2D eigenvalue weighted by Gasteiger charge is 2.74. The van der Waals surface area contributed by atoms with E-state index in [-0.39, 0.29) is 10.5 Å².